The number of nitrogens with zero attached hydrogens (tertiary/aromatic N) is 1. The lowest BCUT2D eigenvalue weighted by Gasteiger charge is -2.33. The first-order valence-electron chi connectivity index (χ1n) is 5.23. The molecule has 3 heteroatoms. The Kier molecular flexibility index (Phi) is 4.22. The highest BCUT2D eigenvalue weighted by Gasteiger charge is 2.22. The highest BCUT2D eigenvalue weighted by molar-refractivity contribution is 5.78. The number of carbonyl (C=O) groups excluding carboxylic acids is 1. The first-order valence-corrected chi connectivity index (χ1v) is 5.23. The lowest BCUT2D eigenvalue weighted by atomic mass is 9.94. The molecule has 1 rings (SSSR count). The fourth-order valence-electron chi connectivity index (χ4n) is 2.13. The van der Waals surface area contributed by atoms with Crippen molar-refractivity contribution in [3.05, 3.63) is 0 Å². The Morgan fingerprint density at radius 3 is 2.46 bits per heavy atom. The van der Waals surface area contributed by atoms with Crippen molar-refractivity contribution in [2.24, 2.45) is 0 Å². The fourth-order valence-corrected chi connectivity index (χ4v) is 2.13. The summed E-state index contributed by atoms with van der Waals surface area (Å²) in [6.45, 7) is 2.68. The van der Waals surface area contributed by atoms with Crippen LogP contribution in [0.15, 0.2) is 0 Å². The maximum atomic E-state index is 11.4. The summed E-state index contributed by atoms with van der Waals surface area (Å²) in [7, 11) is 0. The highest BCUT2D eigenvalue weighted by Crippen LogP contribution is 2.22. The van der Waals surface area contributed by atoms with Gasteiger partial charge in [-0.2, -0.15) is 0 Å². The molecule has 1 fully saturated rings. The van der Waals surface area contributed by atoms with Crippen molar-refractivity contribution < 1.29 is 4.79 Å². The van der Waals surface area contributed by atoms with Crippen molar-refractivity contribution in [3.63, 3.8) is 0 Å². The van der Waals surface area contributed by atoms with Crippen LogP contribution in [0.5, 0.6) is 0 Å². The topological polar surface area (TPSA) is 44.1 Å². The van der Waals surface area contributed by atoms with Crippen molar-refractivity contribution in [2.45, 2.75) is 45.1 Å². The van der Waals surface area contributed by atoms with Crippen LogP contribution in [0.4, 0.5) is 0 Å². The second-order valence-corrected chi connectivity index (χ2v) is 3.65. The van der Waals surface area contributed by atoms with Crippen molar-refractivity contribution in [3.8, 4) is 0 Å². The molecule has 0 unspecified atom stereocenters. The number of amides is 1. The smallest absolute Gasteiger partial charge is 0.238 e. The van der Waals surface area contributed by atoms with E-state index in [1.165, 1.54) is 19.3 Å². The van der Waals surface area contributed by atoms with Crippen LogP contribution in [0.2, 0.25) is 0 Å². The number of likely N-dealkylation sites (N-methyl/N-ethyl adjacent to an activating group) is 1. The number of hydrogen-bond acceptors (Lipinski definition) is 1. The van der Waals surface area contributed by atoms with Crippen LogP contribution in [0, 0.1) is 0 Å². The Morgan fingerprint density at radius 2 is 2.00 bits per heavy atom. The Hall–Kier alpha value is -0.570. The standard InChI is InChI=1S/C10H19N2O/c1-2-12(10(13)8-11)9-6-4-3-5-7-9/h9,11H,2-8H2,1H3. The summed E-state index contributed by atoms with van der Waals surface area (Å²) in [6, 6.07) is 0.427. The van der Waals surface area contributed by atoms with Crippen LogP contribution in [0.1, 0.15) is 39.0 Å². The Morgan fingerprint density at radius 1 is 1.38 bits per heavy atom. The van der Waals surface area contributed by atoms with Gasteiger partial charge in [-0.3, -0.25) is 4.79 Å². The Balaban J connectivity index is 2.48. The first-order chi connectivity index (χ1) is 6.29. The van der Waals surface area contributed by atoms with Crippen LogP contribution in [-0.4, -0.2) is 29.9 Å². The van der Waals surface area contributed by atoms with Gasteiger partial charge in [0, 0.05) is 12.6 Å². The van der Waals surface area contributed by atoms with E-state index in [4.69, 9.17) is 5.73 Å². The quantitative estimate of drug-likeness (QED) is 0.653. The molecule has 1 radical (unpaired) electrons. The third-order valence-electron chi connectivity index (χ3n) is 2.83. The molecular weight excluding hydrogens is 164 g/mol. The van der Waals surface area contributed by atoms with Crippen molar-refractivity contribution in [1.82, 2.24) is 10.6 Å². The van der Waals surface area contributed by atoms with E-state index in [1.807, 2.05) is 11.8 Å². The number of hydrogen-bond donors (Lipinski definition) is 0. The van der Waals surface area contributed by atoms with E-state index in [2.05, 4.69) is 0 Å². The minimum Gasteiger partial charge on any atom is -0.339 e. The summed E-state index contributed by atoms with van der Waals surface area (Å²) in [6.07, 6.45) is 6.07. The molecule has 13 heavy (non-hydrogen) atoms. The maximum Gasteiger partial charge on any atom is 0.238 e. The van der Waals surface area contributed by atoms with E-state index >= 15 is 0 Å². The van der Waals surface area contributed by atoms with Gasteiger partial charge in [-0.1, -0.05) is 19.3 Å². The van der Waals surface area contributed by atoms with E-state index in [0.29, 0.717) is 6.04 Å². The summed E-state index contributed by atoms with van der Waals surface area (Å²) < 4.78 is 0. The van der Waals surface area contributed by atoms with Gasteiger partial charge in [0.05, 0.1) is 6.54 Å². The molecule has 0 saturated heterocycles. The van der Waals surface area contributed by atoms with Gasteiger partial charge in [-0.15, -0.1) is 0 Å². The molecule has 0 atom stereocenters. The molecule has 0 bridgehead atoms. The van der Waals surface area contributed by atoms with E-state index in [9.17, 15) is 4.79 Å². The molecule has 0 aromatic heterocycles. The van der Waals surface area contributed by atoms with Crippen molar-refractivity contribution in [2.75, 3.05) is 13.1 Å². The molecule has 1 amide bonds. The molecule has 0 aromatic carbocycles. The lowest BCUT2D eigenvalue weighted by molar-refractivity contribution is -0.132. The molecule has 1 N–H and O–H groups in total. The molecule has 1 saturated carbocycles. The monoisotopic (exact) mass is 183 g/mol. The SMILES string of the molecule is CCN(C(=O)C[NH])C1CCCCC1. The van der Waals surface area contributed by atoms with Crippen LogP contribution in [-0.2, 0) is 4.79 Å². The fraction of sp³-hybridized carbons (Fsp3) is 0.900. The van der Waals surface area contributed by atoms with Crippen LogP contribution >= 0.6 is 0 Å². The van der Waals surface area contributed by atoms with Gasteiger partial charge in [-0.25, -0.2) is 5.73 Å². The average Bonchev–Trinajstić information content (AvgIpc) is 2.20. The second-order valence-electron chi connectivity index (χ2n) is 3.65. The zero-order valence-corrected chi connectivity index (χ0v) is 8.38. The molecule has 0 aliphatic heterocycles. The Labute approximate surface area is 80.3 Å². The zero-order chi connectivity index (χ0) is 9.68. The zero-order valence-electron chi connectivity index (χ0n) is 8.38. The number of rotatable bonds is 3. The Bertz CT molecular complexity index is 164. The molecule has 75 valence electrons. The maximum absolute atomic E-state index is 11.4. The number of carbonyl (C=O) groups is 1. The van der Waals surface area contributed by atoms with Gasteiger partial charge >= 0.3 is 0 Å². The van der Waals surface area contributed by atoms with Crippen LogP contribution < -0.4 is 5.73 Å². The summed E-state index contributed by atoms with van der Waals surface area (Å²) in [5, 5.41) is 0. The van der Waals surface area contributed by atoms with Crippen LogP contribution in [0.3, 0.4) is 0 Å². The molecular formula is C10H19N2O. The van der Waals surface area contributed by atoms with Gasteiger partial charge in [0.15, 0.2) is 0 Å². The second kappa shape index (κ2) is 5.22. The molecule has 3 nitrogen and oxygen atoms in total. The number of nitrogens with one attached hydrogen (secondary N) is 1. The van der Waals surface area contributed by atoms with E-state index in [1.54, 1.807) is 0 Å². The molecule has 0 spiro atoms. The minimum absolute atomic E-state index is 0.00519. The lowest BCUT2D eigenvalue weighted by Crippen LogP contribution is -2.42. The molecule has 0 heterocycles. The molecule has 1 aliphatic rings. The summed E-state index contributed by atoms with van der Waals surface area (Å²) in [5.41, 5.74) is 7.07. The summed E-state index contributed by atoms with van der Waals surface area (Å²) in [4.78, 5) is 13.3. The van der Waals surface area contributed by atoms with E-state index in [0.717, 1.165) is 19.4 Å². The predicted molar refractivity (Wildman–Crippen MR) is 52.2 cm³/mol. The van der Waals surface area contributed by atoms with Gasteiger partial charge in [-0.05, 0) is 19.8 Å². The predicted octanol–water partition coefficient (Wildman–Crippen LogP) is 1.45. The van der Waals surface area contributed by atoms with Gasteiger partial charge < -0.3 is 4.90 Å². The van der Waals surface area contributed by atoms with Gasteiger partial charge in [0.1, 0.15) is 0 Å². The molecule has 0 aromatic rings. The van der Waals surface area contributed by atoms with Gasteiger partial charge in [0.25, 0.3) is 0 Å². The largest absolute Gasteiger partial charge is 0.339 e. The van der Waals surface area contributed by atoms with Crippen LogP contribution in [0.25, 0.3) is 0 Å². The minimum atomic E-state index is -0.0929. The van der Waals surface area contributed by atoms with E-state index in [-0.39, 0.29) is 12.5 Å². The normalized spacial score (nSPS) is 18.6. The third-order valence-corrected chi connectivity index (χ3v) is 2.83. The average molecular weight is 183 g/mol. The van der Waals surface area contributed by atoms with E-state index < -0.39 is 0 Å². The molecule has 1 aliphatic carbocycles. The summed E-state index contributed by atoms with van der Waals surface area (Å²) >= 11 is 0. The third kappa shape index (κ3) is 2.69. The van der Waals surface area contributed by atoms with Crippen molar-refractivity contribution in [1.29, 1.82) is 0 Å². The first kappa shape index (κ1) is 10.5. The summed E-state index contributed by atoms with van der Waals surface area (Å²) in [5.74, 6) is -0.00519. The highest BCUT2D eigenvalue weighted by atomic mass is 16.2. The van der Waals surface area contributed by atoms with Gasteiger partial charge in [0.2, 0.25) is 5.91 Å². The van der Waals surface area contributed by atoms with Crippen molar-refractivity contribution >= 4 is 5.91 Å².